The van der Waals surface area contributed by atoms with Crippen molar-refractivity contribution >= 4 is 17.5 Å². The predicted molar refractivity (Wildman–Crippen MR) is 72.9 cm³/mol. The van der Waals surface area contributed by atoms with Crippen molar-refractivity contribution in [3.8, 4) is 5.75 Å². The molecule has 0 bridgehead atoms. The Morgan fingerprint density at radius 1 is 1.52 bits per heavy atom. The van der Waals surface area contributed by atoms with E-state index >= 15 is 0 Å². The van der Waals surface area contributed by atoms with Gasteiger partial charge in [-0.1, -0.05) is 6.07 Å². The summed E-state index contributed by atoms with van der Waals surface area (Å²) in [5.74, 6) is -1.23. The fourth-order valence-corrected chi connectivity index (χ4v) is 2.26. The number of piperidine rings is 1. The molecule has 0 aliphatic carbocycles. The molecular formula is C13H15N3O5. The Kier molecular flexibility index (Phi) is 4.06. The lowest BCUT2D eigenvalue weighted by molar-refractivity contribution is -0.385. The zero-order valence-corrected chi connectivity index (χ0v) is 11.4. The maximum absolute atomic E-state index is 12.1. The van der Waals surface area contributed by atoms with Gasteiger partial charge in [0.15, 0.2) is 0 Å². The van der Waals surface area contributed by atoms with Crippen LogP contribution in [0.4, 0.5) is 5.69 Å². The average molecular weight is 293 g/mol. The van der Waals surface area contributed by atoms with Gasteiger partial charge >= 0.3 is 5.69 Å². The summed E-state index contributed by atoms with van der Waals surface area (Å²) >= 11 is 0. The number of nitrogens with zero attached hydrogens (tertiary/aromatic N) is 2. The second kappa shape index (κ2) is 5.78. The molecule has 1 unspecified atom stereocenters. The molecule has 1 atom stereocenters. The molecule has 2 N–H and O–H groups in total. The van der Waals surface area contributed by atoms with Gasteiger partial charge in [0, 0.05) is 32.1 Å². The largest absolute Gasteiger partial charge is 0.502 e. The number of hydrogen-bond acceptors (Lipinski definition) is 5. The van der Waals surface area contributed by atoms with E-state index in [-0.39, 0.29) is 17.5 Å². The van der Waals surface area contributed by atoms with Gasteiger partial charge in [-0.3, -0.25) is 19.7 Å². The van der Waals surface area contributed by atoms with Crippen LogP contribution in [0.1, 0.15) is 23.2 Å². The molecule has 1 fully saturated rings. The summed E-state index contributed by atoms with van der Waals surface area (Å²) in [7, 11) is 1.64. The smallest absolute Gasteiger partial charge is 0.311 e. The molecule has 1 heterocycles. The number of rotatable bonds is 3. The van der Waals surface area contributed by atoms with Crippen molar-refractivity contribution in [2.24, 2.45) is 0 Å². The minimum atomic E-state index is -0.751. The zero-order valence-electron chi connectivity index (χ0n) is 11.4. The van der Waals surface area contributed by atoms with Gasteiger partial charge in [-0.2, -0.15) is 0 Å². The number of aromatic hydroxyl groups is 1. The number of likely N-dealkylation sites (tertiary alicyclic amines) is 1. The fraction of sp³-hybridized carbons (Fsp3) is 0.385. The SMILES string of the molecule is CN1CC(NC(=O)c2cccc([N+](=O)[O-])c2O)CCC1=O. The molecule has 21 heavy (non-hydrogen) atoms. The Morgan fingerprint density at radius 2 is 2.24 bits per heavy atom. The molecule has 2 rings (SSSR count). The summed E-state index contributed by atoms with van der Waals surface area (Å²) in [6.45, 7) is 0.375. The standard InChI is InChI=1S/C13H15N3O5/c1-15-7-8(5-6-11(15)17)14-13(19)9-3-2-4-10(12(9)18)16(20)21/h2-4,8,18H,5-7H2,1H3,(H,14,19). The van der Waals surface area contributed by atoms with Crippen LogP contribution in [0.25, 0.3) is 0 Å². The molecule has 112 valence electrons. The van der Waals surface area contributed by atoms with Gasteiger partial charge in [0.05, 0.1) is 10.5 Å². The van der Waals surface area contributed by atoms with Crippen LogP contribution in [0.3, 0.4) is 0 Å². The van der Waals surface area contributed by atoms with Crippen molar-refractivity contribution in [1.29, 1.82) is 0 Å². The van der Waals surface area contributed by atoms with Crippen molar-refractivity contribution in [2.75, 3.05) is 13.6 Å². The second-order valence-corrected chi connectivity index (χ2v) is 4.91. The maximum Gasteiger partial charge on any atom is 0.311 e. The number of hydrogen-bond donors (Lipinski definition) is 2. The molecule has 1 aliphatic heterocycles. The number of nitro benzene ring substituents is 1. The number of amides is 2. The van der Waals surface area contributed by atoms with Gasteiger partial charge in [-0.15, -0.1) is 0 Å². The molecule has 1 aliphatic rings. The molecule has 8 heteroatoms. The lowest BCUT2D eigenvalue weighted by Crippen LogP contribution is -2.48. The van der Waals surface area contributed by atoms with Crippen LogP contribution in [-0.4, -0.2) is 46.4 Å². The van der Waals surface area contributed by atoms with Crippen molar-refractivity contribution in [3.05, 3.63) is 33.9 Å². The number of carbonyl (C=O) groups excluding carboxylic acids is 2. The number of benzene rings is 1. The van der Waals surface area contributed by atoms with E-state index in [0.29, 0.717) is 19.4 Å². The molecule has 1 saturated heterocycles. The first-order valence-electron chi connectivity index (χ1n) is 6.41. The topological polar surface area (TPSA) is 113 Å². The third-order valence-electron chi connectivity index (χ3n) is 3.42. The number of phenolic OH excluding ortho intramolecular Hbond substituents is 1. The van der Waals surface area contributed by atoms with Crippen molar-refractivity contribution in [3.63, 3.8) is 0 Å². The third kappa shape index (κ3) is 3.10. The number of likely N-dealkylation sites (N-methyl/N-ethyl adjacent to an activating group) is 1. The number of nitro groups is 1. The number of nitrogens with one attached hydrogen (secondary N) is 1. The van der Waals surface area contributed by atoms with Crippen molar-refractivity contribution in [2.45, 2.75) is 18.9 Å². The van der Waals surface area contributed by atoms with E-state index in [1.807, 2.05) is 0 Å². The predicted octanol–water partition coefficient (Wildman–Crippen LogP) is 0.651. The lowest BCUT2D eigenvalue weighted by Gasteiger charge is -2.30. The molecule has 0 saturated carbocycles. The molecular weight excluding hydrogens is 278 g/mol. The number of carbonyl (C=O) groups is 2. The second-order valence-electron chi connectivity index (χ2n) is 4.91. The van der Waals surface area contributed by atoms with E-state index in [2.05, 4.69) is 5.32 Å². The van der Waals surface area contributed by atoms with Gasteiger partial charge < -0.3 is 15.3 Å². The Bertz CT molecular complexity index is 601. The Balaban J connectivity index is 2.12. The lowest BCUT2D eigenvalue weighted by atomic mass is 10.0. The van der Waals surface area contributed by atoms with Gasteiger partial charge in [0.1, 0.15) is 0 Å². The highest BCUT2D eigenvalue weighted by Crippen LogP contribution is 2.29. The summed E-state index contributed by atoms with van der Waals surface area (Å²) in [6, 6.07) is 3.54. The Morgan fingerprint density at radius 3 is 2.86 bits per heavy atom. The van der Waals surface area contributed by atoms with E-state index in [1.165, 1.54) is 17.0 Å². The van der Waals surface area contributed by atoms with Crippen LogP contribution in [0, 0.1) is 10.1 Å². The summed E-state index contributed by atoms with van der Waals surface area (Å²) in [5.41, 5.74) is -0.664. The van der Waals surface area contributed by atoms with Crippen LogP contribution in [0.15, 0.2) is 18.2 Å². The van der Waals surface area contributed by atoms with Crippen LogP contribution < -0.4 is 5.32 Å². The molecule has 0 spiro atoms. The molecule has 1 aromatic rings. The van der Waals surface area contributed by atoms with Crippen molar-refractivity contribution in [1.82, 2.24) is 10.2 Å². The number of phenols is 1. The minimum absolute atomic E-state index is 0.0127. The van der Waals surface area contributed by atoms with Crippen LogP contribution in [-0.2, 0) is 4.79 Å². The summed E-state index contributed by atoms with van der Waals surface area (Å²) < 4.78 is 0. The van der Waals surface area contributed by atoms with Crippen molar-refractivity contribution < 1.29 is 19.6 Å². The molecule has 0 aromatic heterocycles. The van der Waals surface area contributed by atoms with Crippen LogP contribution in [0.5, 0.6) is 5.75 Å². The first kappa shape index (κ1) is 14.8. The van der Waals surface area contributed by atoms with Crippen LogP contribution in [0.2, 0.25) is 0 Å². The molecule has 2 amide bonds. The Hall–Kier alpha value is -2.64. The highest BCUT2D eigenvalue weighted by Gasteiger charge is 2.26. The summed E-state index contributed by atoms with van der Waals surface area (Å²) in [6.07, 6.45) is 0.840. The molecule has 8 nitrogen and oxygen atoms in total. The van der Waals surface area contributed by atoms with Crippen LogP contribution >= 0.6 is 0 Å². The first-order valence-corrected chi connectivity index (χ1v) is 6.41. The van der Waals surface area contributed by atoms with Gasteiger partial charge in [0.2, 0.25) is 11.7 Å². The monoisotopic (exact) mass is 293 g/mol. The Labute approximate surface area is 120 Å². The highest BCUT2D eigenvalue weighted by molar-refractivity contribution is 5.98. The summed E-state index contributed by atoms with van der Waals surface area (Å²) in [5, 5.41) is 23.2. The van der Waals surface area contributed by atoms with E-state index in [9.17, 15) is 24.8 Å². The fourth-order valence-electron chi connectivity index (χ4n) is 2.26. The first-order chi connectivity index (χ1) is 9.90. The molecule has 0 radical (unpaired) electrons. The van der Waals surface area contributed by atoms with Gasteiger partial charge in [-0.25, -0.2) is 0 Å². The third-order valence-corrected chi connectivity index (χ3v) is 3.42. The van der Waals surface area contributed by atoms with Gasteiger partial charge in [0.25, 0.3) is 5.91 Å². The number of para-hydroxylation sites is 1. The minimum Gasteiger partial charge on any atom is -0.502 e. The normalized spacial score (nSPS) is 18.4. The zero-order chi connectivity index (χ0) is 15.6. The van der Waals surface area contributed by atoms with E-state index in [1.54, 1.807) is 7.05 Å². The van der Waals surface area contributed by atoms with E-state index < -0.39 is 22.3 Å². The molecule has 1 aromatic carbocycles. The summed E-state index contributed by atoms with van der Waals surface area (Å²) in [4.78, 5) is 35.0. The van der Waals surface area contributed by atoms with Gasteiger partial charge in [-0.05, 0) is 12.5 Å². The van der Waals surface area contributed by atoms with E-state index in [4.69, 9.17) is 0 Å². The average Bonchev–Trinajstić information content (AvgIpc) is 2.42. The highest BCUT2D eigenvalue weighted by atomic mass is 16.6. The maximum atomic E-state index is 12.1. The quantitative estimate of drug-likeness (QED) is 0.627. The van der Waals surface area contributed by atoms with E-state index in [0.717, 1.165) is 6.07 Å².